The highest BCUT2D eigenvalue weighted by Gasteiger charge is 2.32. The molecule has 0 spiro atoms. The van der Waals surface area contributed by atoms with E-state index >= 15 is 0 Å². The number of ketones is 1. The first-order valence-electron chi connectivity index (χ1n) is 3.84. The van der Waals surface area contributed by atoms with Gasteiger partial charge < -0.3 is 5.32 Å². The van der Waals surface area contributed by atoms with Gasteiger partial charge in [-0.2, -0.15) is 0 Å². The second kappa shape index (κ2) is 2.11. The molecule has 0 radical (unpaired) electrons. The summed E-state index contributed by atoms with van der Waals surface area (Å²) in [4.78, 5) is 11.1. The Morgan fingerprint density at radius 3 is 3.20 bits per heavy atom. The van der Waals surface area contributed by atoms with Gasteiger partial charge in [0.2, 0.25) is 0 Å². The van der Waals surface area contributed by atoms with E-state index < -0.39 is 0 Å². The van der Waals surface area contributed by atoms with Crippen LogP contribution in [-0.4, -0.2) is 11.8 Å². The van der Waals surface area contributed by atoms with Crippen LogP contribution < -0.4 is 5.32 Å². The molecule has 2 heteroatoms. The van der Waals surface area contributed by atoms with Gasteiger partial charge in [-0.25, -0.2) is 0 Å². The first-order chi connectivity index (χ1) is 4.88. The Balaban J connectivity index is 2.20. The predicted octanol–water partition coefficient (Wildman–Crippen LogP) is 0.841. The summed E-state index contributed by atoms with van der Waals surface area (Å²) in [6.45, 7) is 0. The Morgan fingerprint density at radius 1 is 1.50 bits per heavy atom. The van der Waals surface area contributed by atoms with E-state index in [0.29, 0.717) is 17.7 Å². The van der Waals surface area contributed by atoms with E-state index in [2.05, 4.69) is 5.32 Å². The molecule has 1 saturated carbocycles. The highest BCUT2D eigenvalue weighted by molar-refractivity contribution is 5.93. The lowest BCUT2D eigenvalue weighted by molar-refractivity contribution is -0.118. The summed E-state index contributed by atoms with van der Waals surface area (Å²) in [5, 5.41) is 3.21. The SMILES string of the molecule is O=C1C=CNC2CCCC12. The minimum atomic E-state index is 0.296. The molecule has 2 unspecified atom stereocenters. The maximum absolute atomic E-state index is 11.1. The molecule has 1 heterocycles. The van der Waals surface area contributed by atoms with Crippen LogP contribution in [0.1, 0.15) is 19.3 Å². The molecule has 1 aliphatic heterocycles. The van der Waals surface area contributed by atoms with Gasteiger partial charge in [-0.05, 0) is 18.9 Å². The number of rotatable bonds is 0. The highest BCUT2D eigenvalue weighted by Crippen LogP contribution is 2.28. The van der Waals surface area contributed by atoms with E-state index in [0.717, 1.165) is 6.42 Å². The molecule has 0 bridgehead atoms. The fourth-order valence-electron chi connectivity index (χ4n) is 1.88. The topological polar surface area (TPSA) is 29.1 Å². The third-order valence-corrected chi connectivity index (χ3v) is 2.44. The van der Waals surface area contributed by atoms with Gasteiger partial charge in [0.05, 0.1) is 0 Å². The van der Waals surface area contributed by atoms with Crippen molar-refractivity contribution in [3.05, 3.63) is 12.3 Å². The summed E-state index contributed by atoms with van der Waals surface area (Å²) < 4.78 is 0. The van der Waals surface area contributed by atoms with Crippen LogP contribution in [0.2, 0.25) is 0 Å². The monoisotopic (exact) mass is 137 g/mol. The van der Waals surface area contributed by atoms with Crippen molar-refractivity contribution in [3.8, 4) is 0 Å². The third kappa shape index (κ3) is 0.753. The second-order valence-corrected chi connectivity index (χ2v) is 3.05. The van der Waals surface area contributed by atoms with Crippen molar-refractivity contribution in [2.45, 2.75) is 25.3 Å². The van der Waals surface area contributed by atoms with E-state index in [-0.39, 0.29) is 0 Å². The Labute approximate surface area is 60.3 Å². The zero-order valence-electron chi connectivity index (χ0n) is 5.84. The van der Waals surface area contributed by atoms with Gasteiger partial charge >= 0.3 is 0 Å². The number of carbonyl (C=O) groups excluding carboxylic acids is 1. The van der Waals surface area contributed by atoms with Crippen LogP contribution in [0.25, 0.3) is 0 Å². The Hall–Kier alpha value is -0.790. The van der Waals surface area contributed by atoms with Crippen LogP contribution in [-0.2, 0) is 4.79 Å². The van der Waals surface area contributed by atoms with Crippen LogP contribution in [0, 0.1) is 5.92 Å². The third-order valence-electron chi connectivity index (χ3n) is 2.44. The van der Waals surface area contributed by atoms with E-state index in [9.17, 15) is 4.79 Å². The lowest BCUT2D eigenvalue weighted by Crippen LogP contribution is -2.36. The first-order valence-corrected chi connectivity index (χ1v) is 3.84. The van der Waals surface area contributed by atoms with Gasteiger partial charge in [-0.15, -0.1) is 0 Å². The van der Waals surface area contributed by atoms with Crippen LogP contribution >= 0.6 is 0 Å². The fraction of sp³-hybridized carbons (Fsp3) is 0.625. The van der Waals surface area contributed by atoms with Crippen molar-refractivity contribution in [1.82, 2.24) is 5.32 Å². The largest absolute Gasteiger partial charge is 0.387 e. The van der Waals surface area contributed by atoms with E-state index in [1.807, 2.05) is 0 Å². The van der Waals surface area contributed by atoms with Crippen LogP contribution in [0.3, 0.4) is 0 Å². The van der Waals surface area contributed by atoms with Crippen molar-refractivity contribution >= 4 is 5.78 Å². The molecule has 2 nitrogen and oxygen atoms in total. The predicted molar refractivity (Wildman–Crippen MR) is 38.4 cm³/mol. The van der Waals surface area contributed by atoms with Crippen LogP contribution in [0.5, 0.6) is 0 Å². The van der Waals surface area contributed by atoms with Crippen LogP contribution in [0.4, 0.5) is 0 Å². The molecule has 1 aliphatic carbocycles. The number of carbonyl (C=O) groups is 1. The zero-order chi connectivity index (χ0) is 6.97. The van der Waals surface area contributed by atoms with Gasteiger partial charge in [0.25, 0.3) is 0 Å². The summed E-state index contributed by atoms with van der Waals surface area (Å²) in [6, 6.07) is 0.456. The molecule has 0 aromatic carbocycles. The van der Waals surface area contributed by atoms with Crippen molar-refractivity contribution in [1.29, 1.82) is 0 Å². The molecule has 0 amide bonds. The molecule has 2 aliphatic rings. The van der Waals surface area contributed by atoms with Crippen molar-refractivity contribution in [2.75, 3.05) is 0 Å². The quantitative estimate of drug-likeness (QED) is 0.536. The lowest BCUT2D eigenvalue weighted by atomic mass is 9.96. The molecular formula is C8H11NO. The Morgan fingerprint density at radius 2 is 2.40 bits per heavy atom. The number of fused-ring (bicyclic) bond motifs is 1. The fourth-order valence-corrected chi connectivity index (χ4v) is 1.88. The standard InChI is InChI=1S/C8H11NO/c10-8-4-5-9-7-3-1-2-6(7)8/h4-7,9H,1-3H2. The van der Waals surface area contributed by atoms with Gasteiger partial charge in [0.1, 0.15) is 0 Å². The molecule has 54 valence electrons. The number of hydrogen-bond donors (Lipinski definition) is 1. The smallest absolute Gasteiger partial charge is 0.162 e. The van der Waals surface area contributed by atoms with E-state index in [4.69, 9.17) is 0 Å². The van der Waals surface area contributed by atoms with Crippen LogP contribution in [0.15, 0.2) is 12.3 Å². The lowest BCUT2D eigenvalue weighted by Gasteiger charge is -2.20. The summed E-state index contributed by atoms with van der Waals surface area (Å²) in [5.74, 6) is 0.617. The van der Waals surface area contributed by atoms with Crippen molar-refractivity contribution in [2.24, 2.45) is 5.92 Å². The average molecular weight is 137 g/mol. The molecule has 0 aromatic heterocycles. The number of hydrogen-bond acceptors (Lipinski definition) is 2. The minimum absolute atomic E-state index is 0.296. The molecule has 10 heavy (non-hydrogen) atoms. The maximum atomic E-state index is 11.1. The van der Waals surface area contributed by atoms with Crippen molar-refractivity contribution in [3.63, 3.8) is 0 Å². The Kier molecular flexibility index (Phi) is 1.26. The summed E-state index contributed by atoms with van der Waals surface area (Å²) >= 11 is 0. The molecule has 2 rings (SSSR count). The molecule has 1 N–H and O–H groups in total. The van der Waals surface area contributed by atoms with Gasteiger partial charge in [-0.3, -0.25) is 4.79 Å². The highest BCUT2D eigenvalue weighted by atomic mass is 16.1. The second-order valence-electron chi connectivity index (χ2n) is 3.05. The maximum Gasteiger partial charge on any atom is 0.162 e. The zero-order valence-corrected chi connectivity index (χ0v) is 5.84. The van der Waals surface area contributed by atoms with Gasteiger partial charge in [0.15, 0.2) is 5.78 Å². The number of nitrogens with one attached hydrogen (secondary N) is 1. The minimum Gasteiger partial charge on any atom is -0.387 e. The molecule has 0 aromatic rings. The molecular weight excluding hydrogens is 126 g/mol. The van der Waals surface area contributed by atoms with E-state index in [1.165, 1.54) is 12.8 Å². The molecule has 1 fully saturated rings. The molecule has 2 atom stereocenters. The first kappa shape index (κ1) is 5.96. The molecule has 0 saturated heterocycles. The van der Waals surface area contributed by atoms with Gasteiger partial charge in [-0.1, -0.05) is 6.42 Å². The number of allylic oxidation sites excluding steroid dienone is 1. The summed E-state index contributed by atoms with van der Waals surface area (Å²) in [7, 11) is 0. The average Bonchev–Trinajstić information content (AvgIpc) is 2.36. The Bertz CT molecular complexity index is 186. The summed E-state index contributed by atoms with van der Waals surface area (Å²) in [6.07, 6.45) is 6.90. The van der Waals surface area contributed by atoms with Gasteiger partial charge in [0, 0.05) is 18.2 Å². The van der Waals surface area contributed by atoms with Crippen molar-refractivity contribution < 1.29 is 4.79 Å². The normalized spacial score (nSPS) is 37.4. The summed E-state index contributed by atoms with van der Waals surface area (Å²) in [5.41, 5.74) is 0. The van der Waals surface area contributed by atoms with E-state index in [1.54, 1.807) is 12.3 Å².